The van der Waals surface area contributed by atoms with E-state index in [1.807, 2.05) is 24.0 Å². The highest BCUT2D eigenvalue weighted by Gasteiger charge is 2.44. The van der Waals surface area contributed by atoms with Gasteiger partial charge in [0.05, 0.1) is 6.54 Å². The average Bonchev–Trinajstić information content (AvgIpc) is 3.21. The fourth-order valence-corrected chi connectivity index (χ4v) is 4.32. The SMILES string of the molecule is CCN(CC(=O)O)C1CC(NC(=O)Nc2ccc3c(c2)OC2(CCCC2)O3)C1. The molecule has 0 bridgehead atoms. The predicted octanol–water partition coefficient (Wildman–Crippen LogP) is 2.79. The number of nitrogens with one attached hydrogen (secondary N) is 2. The normalized spacial score (nSPS) is 24.2. The molecule has 0 radical (unpaired) electrons. The Labute approximate surface area is 164 Å². The maximum absolute atomic E-state index is 12.3. The first-order chi connectivity index (χ1) is 13.5. The summed E-state index contributed by atoms with van der Waals surface area (Å²) in [5.41, 5.74) is 0.659. The van der Waals surface area contributed by atoms with E-state index in [0.717, 1.165) is 44.3 Å². The van der Waals surface area contributed by atoms with Crippen LogP contribution in [0.3, 0.4) is 0 Å². The van der Waals surface area contributed by atoms with E-state index in [9.17, 15) is 9.59 Å². The summed E-state index contributed by atoms with van der Waals surface area (Å²) in [6.45, 7) is 2.68. The van der Waals surface area contributed by atoms with Gasteiger partial charge >= 0.3 is 12.0 Å². The van der Waals surface area contributed by atoms with E-state index in [0.29, 0.717) is 18.0 Å². The highest BCUT2D eigenvalue weighted by Crippen LogP contribution is 2.47. The van der Waals surface area contributed by atoms with Crippen molar-refractivity contribution in [2.24, 2.45) is 0 Å². The standard InChI is InChI=1S/C20H27N3O5/c1-2-23(12-18(24)25)15-9-14(10-15)22-19(26)21-13-5-6-16-17(11-13)28-20(27-16)7-3-4-8-20/h5-6,11,14-15H,2-4,7-10,12H2,1H3,(H,24,25)(H2,21,22,26). The summed E-state index contributed by atoms with van der Waals surface area (Å²) in [4.78, 5) is 25.1. The van der Waals surface area contributed by atoms with Crippen LogP contribution in [0.15, 0.2) is 18.2 Å². The van der Waals surface area contributed by atoms with Crippen LogP contribution in [0.4, 0.5) is 10.5 Å². The second-order valence-electron chi connectivity index (χ2n) is 7.86. The third-order valence-electron chi connectivity index (χ3n) is 5.87. The van der Waals surface area contributed by atoms with Gasteiger partial charge in [0.2, 0.25) is 0 Å². The van der Waals surface area contributed by atoms with Crippen molar-refractivity contribution >= 4 is 17.7 Å². The molecule has 2 amide bonds. The number of carboxylic acid groups (broad SMARTS) is 1. The molecule has 28 heavy (non-hydrogen) atoms. The Morgan fingerprint density at radius 2 is 1.93 bits per heavy atom. The van der Waals surface area contributed by atoms with E-state index in [1.165, 1.54) is 0 Å². The number of carboxylic acids is 1. The second-order valence-corrected chi connectivity index (χ2v) is 7.86. The molecule has 3 N–H and O–H groups in total. The topological polar surface area (TPSA) is 100 Å². The van der Waals surface area contributed by atoms with Crippen LogP contribution in [0.25, 0.3) is 0 Å². The number of ether oxygens (including phenoxy) is 2. The zero-order valence-electron chi connectivity index (χ0n) is 16.1. The van der Waals surface area contributed by atoms with Crippen molar-refractivity contribution < 1.29 is 24.2 Å². The van der Waals surface area contributed by atoms with Gasteiger partial charge in [-0.05, 0) is 44.4 Å². The number of carbonyl (C=O) groups is 2. The van der Waals surface area contributed by atoms with Crippen LogP contribution in [0, 0.1) is 0 Å². The molecule has 8 nitrogen and oxygen atoms in total. The highest BCUT2D eigenvalue weighted by molar-refractivity contribution is 5.90. The lowest BCUT2D eigenvalue weighted by atomic mass is 9.85. The molecular formula is C20H27N3O5. The van der Waals surface area contributed by atoms with Crippen LogP contribution >= 0.6 is 0 Å². The van der Waals surface area contributed by atoms with Crippen molar-refractivity contribution in [2.75, 3.05) is 18.4 Å². The molecule has 0 aromatic heterocycles. The monoisotopic (exact) mass is 389 g/mol. The molecule has 3 aliphatic rings. The third-order valence-corrected chi connectivity index (χ3v) is 5.87. The minimum absolute atomic E-state index is 0.0404. The van der Waals surface area contributed by atoms with Crippen molar-refractivity contribution in [1.82, 2.24) is 10.2 Å². The minimum Gasteiger partial charge on any atom is -0.480 e. The number of urea groups is 1. The molecule has 1 aliphatic heterocycles. The van der Waals surface area contributed by atoms with Crippen LogP contribution < -0.4 is 20.1 Å². The van der Waals surface area contributed by atoms with Gasteiger partial charge in [-0.2, -0.15) is 0 Å². The van der Waals surface area contributed by atoms with E-state index < -0.39 is 11.8 Å². The average molecular weight is 389 g/mol. The zero-order valence-corrected chi connectivity index (χ0v) is 16.1. The van der Waals surface area contributed by atoms with Crippen LogP contribution in [-0.2, 0) is 4.79 Å². The summed E-state index contributed by atoms with van der Waals surface area (Å²) in [6, 6.07) is 5.45. The molecule has 1 spiro atoms. The van der Waals surface area contributed by atoms with Crippen molar-refractivity contribution in [1.29, 1.82) is 0 Å². The minimum atomic E-state index is -0.821. The maximum Gasteiger partial charge on any atom is 0.319 e. The van der Waals surface area contributed by atoms with Crippen molar-refractivity contribution in [3.8, 4) is 11.5 Å². The lowest BCUT2D eigenvalue weighted by molar-refractivity contribution is -0.139. The molecule has 2 saturated carbocycles. The largest absolute Gasteiger partial charge is 0.480 e. The molecule has 2 aliphatic carbocycles. The number of fused-ring (bicyclic) bond motifs is 1. The maximum atomic E-state index is 12.3. The third kappa shape index (κ3) is 3.87. The fourth-order valence-electron chi connectivity index (χ4n) is 4.32. The zero-order chi connectivity index (χ0) is 19.7. The number of hydrogen-bond donors (Lipinski definition) is 3. The number of hydrogen-bond acceptors (Lipinski definition) is 5. The Morgan fingerprint density at radius 1 is 1.21 bits per heavy atom. The molecule has 0 atom stereocenters. The molecule has 8 heteroatoms. The predicted molar refractivity (Wildman–Crippen MR) is 103 cm³/mol. The number of nitrogens with zero attached hydrogens (tertiary/aromatic N) is 1. The first-order valence-electron chi connectivity index (χ1n) is 10.0. The van der Waals surface area contributed by atoms with Gasteiger partial charge in [0.15, 0.2) is 11.5 Å². The molecule has 0 unspecified atom stereocenters. The number of amides is 2. The molecule has 2 fully saturated rings. The van der Waals surface area contributed by atoms with Crippen LogP contribution in [0.1, 0.15) is 45.4 Å². The Balaban J connectivity index is 1.26. The molecule has 1 aromatic rings. The van der Waals surface area contributed by atoms with E-state index in [1.54, 1.807) is 6.07 Å². The van der Waals surface area contributed by atoms with Gasteiger partial charge in [0, 0.05) is 36.7 Å². The summed E-state index contributed by atoms with van der Waals surface area (Å²) in [6.07, 6.45) is 5.52. The highest BCUT2D eigenvalue weighted by atomic mass is 16.7. The first-order valence-corrected chi connectivity index (χ1v) is 10.0. The number of rotatable bonds is 6. The molecule has 152 valence electrons. The summed E-state index contributed by atoms with van der Waals surface area (Å²) in [5, 5.41) is 14.7. The van der Waals surface area contributed by atoms with Crippen LogP contribution in [0.5, 0.6) is 11.5 Å². The lowest BCUT2D eigenvalue weighted by Gasteiger charge is -2.42. The summed E-state index contributed by atoms with van der Waals surface area (Å²) in [7, 11) is 0. The van der Waals surface area contributed by atoms with E-state index in [2.05, 4.69) is 10.6 Å². The molecule has 4 rings (SSSR count). The summed E-state index contributed by atoms with van der Waals surface area (Å²) >= 11 is 0. The van der Waals surface area contributed by atoms with E-state index >= 15 is 0 Å². The summed E-state index contributed by atoms with van der Waals surface area (Å²) < 4.78 is 12.0. The Morgan fingerprint density at radius 3 is 2.61 bits per heavy atom. The summed E-state index contributed by atoms with van der Waals surface area (Å²) in [5.74, 6) is 0.0762. The van der Waals surface area contributed by atoms with Crippen LogP contribution in [-0.4, -0.2) is 53.0 Å². The van der Waals surface area contributed by atoms with Gasteiger partial charge in [-0.25, -0.2) is 4.79 Å². The number of likely N-dealkylation sites (N-methyl/N-ethyl adjacent to an activating group) is 1. The number of carbonyl (C=O) groups excluding carboxylic acids is 1. The molecular weight excluding hydrogens is 362 g/mol. The van der Waals surface area contributed by atoms with Crippen molar-refractivity contribution in [3.05, 3.63) is 18.2 Å². The lowest BCUT2D eigenvalue weighted by Crippen LogP contribution is -2.55. The van der Waals surface area contributed by atoms with Gasteiger partial charge in [0.1, 0.15) is 0 Å². The Bertz CT molecular complexity index is 756. The molecule has 1 aromatic carbocycles. The number of anilines is 1. The van der Waals surface area contributed by atoms with Crippen LogP contribution in [0.2, 0.25) is 0 Å². The number of aliphatic carboxylic acids is 1. The van der Waals surface area contributed by atoms with Gasteiger partial charge in [0.25, 0.3) is 5.79 Å². The number of benzene rings is 1. The van der Waals surface area contributed by atoms with E-state index in [-0.39, 0.29) is 24.7 Å². The van der Waals surface area contributed by atoms with Gasteiger partial charge in [-0.1, -0.05) is 6.92 Å². The molecule has 0 saturated heterocycles. The van der Waals surface area contributed by atoms with Gasteiger partial charge in [-0.3, -0.25) is 9.69 Å². The second kappa shape index (κ2) is 7.50. The van der Waals surface area contributed by atoms with Gasteiger partial charge in [-0.15, -0.1) is 0 Å². The Kier molecular flexibility index (Phi) is 5.05. The molecule has 1 heterocycles. The fraction of sp³-hybridized carbons (Fsp3) is 0.600. The van der Waals surface area contributed by atoms with E-state index in [4.69, 9.17) is 14.6 Å². The van der Waals surface area contributed by atoms with Gasteiger partial charge < -0.3 is 25.2 Å². The Hall–Kier alpha value is -2.48. The quantitative estimate of drug-likeness (QED) is 0.692. The smallest absolute Gasteiger partial charge is 0.319 e. The first kappa shape index (κ1) is 18.9. The van der Waals surface area contributed by atoms with Crippen molar-refractivity contribution in [2.45, 2.75) is 63.3 Å². The van der Waals surface area contributed by atoms with Crippen molar-refractivity contribution in [3.63, 3.8) is 0 Å².